The van der Waals surface area contributed by atoms with Crippen molar-refractivity contribution in [3.05, 3.63) is 38.9 Å². The predicted molar refractivity (Wildman–Crippen MR) is 79.6 cm³/mol. The van der Waals surface area contributed by atoms with Gasteiger partial charge in [0, 0.05) is 17.0 Å². The Bertz CT molecular complexity index is 669. The molecule has 0 N–H and O–H groups in total. The van der Waals surface area contributed by atoms with Crippen LogP contribution in [-0.4, -0.2) is 20.8 Å². The van der Waals surface area contributed by atoms with Gasteiger partial charge in [-0.1, -0.05) is 41.4 Å². The van der Waals surface area contributed by atoms with Crippen LogP contribution in [0.25, 0.3) is 0 Å². The number of Topliss-reactive ketones (excluding diaryl/α,β-unsaturated/α-hetero) is 2. The highest BCUT2D eigenvalue weighted by molar-refractivity contribution is 9.10. The molecule has 0 bridgehead atoms. The number of ketones is 2. The van der Waals surface area contributed by atoms with Gasteiger partial charge in [-0.2, -0.15) is 5.26 Å². The summed E-state index contributed by atoms with van der Waals surface area (Å²) in [5, 5.41) is 20.3. The first-order valence-electron chi connectivity index (χ1n) is 5.78. The van der Waals surface area contributed by atoms with Gasteiger partial charge in [-0.3, -0.25) is 19.7 Å². The van der Waals surface area contributed by atoms with Crippen LogP contribution in [-0.2, 0) is 4.79 Å². The van der Waals surface area contributed by atoms with Crippen LogP contribution in [0.15, 0.2) is 18.2 Å². The molecule has 0 spiro atoms. The summed E-state index contributed by atoms with van der Waals surface area (Å²) in [5.41, 5.74) is -0.903. The van der Waals surface area contributed by atoms with Crippen LogP contribution in [0.2, 0.25) is 5.02 Å². The first-order valence-corrected chi connectivity index (χ1v) is 6.95. The van der Waals surface area contributed by atoms with Crippen molar-refractivity contribution in [1.82, 2.24) is 0 Å². The second-order valence-electron chi connectivity index (χ2n) is 4.54. The van der Waals surface area contributed by atoms with E-state index in [0.717, 1.165) is 12.1 Å². The SMILES string of the molecule is CC(C)C(=O)C(Br)(C#N)C(=O)c1ccc(Cl)cc1[N+](=O)[O-]. The lowest BCUT2D eigenvalue weighted by Gasteiger charge is -2.18. The van der Waals surface area contributed by atoms with Gasteiger partial charge in [-0.25, -0.2) is 0 Å². The number of rotatable bonds is 5. The van der Waals surface area contributed by atoms with Crippen molar-refractivity contribution in [2.75, 3.05) is 0 Å². The predicted octanol–water partition coefficient (Wildman–Crippen LogP) is 3.31. The van der Waals surface area contributed by atoms with E-state index in [1.807, 2.05) is 0 Å². The third-order valence-corrected chi connectivity index (χ3v) is 3.90. The normalized spacial score (nSPS) is 13.3. The van der Waals surface area contributed by atoms with Crippen LogP contribution >= 0.6 is 27.5 Å². The Morgan fingerprint density at radius 2 is 2.05 bits per heavy atom. The van der Waals surface area contributed by atoms with E-state index >= 15 is 0 Å². The Labute approximate surface area is 134 Å². The maximum Gasteiger partial charge on any atom is 0.281 e. The van der Waals surface area contributed by atoms with Crippen LogP contribution in [0.4, 0.5) is 5.69 Å². The topological polar surface area (TPSA) is 101 Å². The number of carbonyl (C=O) groups is 2. The average molecular weight is 374 g/mol. The Kier molecular flexibility index (Phi) is 5.20. The molecule has 0 amide bonds. The summed E-state index contributed by atoms with van der Waals surface area (Å²) < 4.78 is -2.15. The highest BCUT2D eigenvalue weighted by Gasteiger charge is 2.47. The van der Waals surface area contributed by atoms with E-state index in [1.165, 1.54) is 19.9 Å². The molecule has 1 unspecified atom stereocenters. The summed E-state index contributed by atoms with van der Waals surface area (Å²) in [5.74, 6) is -2.24. The number of halogens is 2. The van der Waals surface area contributed by atoms with Gasteiger partial charge in [-0.15, -0.1) is 0 Å². The zero-order chi connectivity index (χ0) is 16.4. The molecule has 0 heterocycles. The standard InChI is InChI=1S/C13H10BrClN2O4/c1-7(2)11(18)13(14,6-16)12(19)9-4-3-8(15)5-10(9)17(20)21/h3-5,7H,1-2H3. The third-order valence-electron chi connectivity index (χ3n) is 2.73. The van der Waals surface area contributed by atoms with Crippen LogP contribution < -0.4 is 0 Å². The summed E-state index contributed by atoms with van der Waals surface area (Å²) in [6.07, 6.45) is 0. The molecule has 0 aromatic heterocycles. The lowest BCUT2D eigenvalue weighted by molar-refractivity contribution is -0.385. The lowest BCUT2D eigenvalue weighted by atomic mass is 9.88. The molecule has 1 aromatic carbocycles. The molecule has 0 fully saturated rings. The van der Waals surface area contributed by atoms with Crippen molar-refractivity contribution in [3.8, 4) is 6.07 Å². The Morgan fingerprint density at radius 1 is 1.48 bits per heavy atom. The summed E-state index contributed by atoms with van der Waals surface area (Å²) in [6, 6.07) is 5.01. The Morgan fingerprint density at radius 3 is 2.48 bits per heavy atom. The fraction of sp³-hybridized carbons (Fsp3) is 0.308. The summed E-state index contributed by atoms with van der Waals surface area (Å²) in [6.45, 7) is 3.05. The molecule has 1 aromatic rings. The van der Waals surface area contributed by atoms with Crippen LogP contribution in [0.5, 0.6) is 0 Å². The molecule has 1 rings (SSSR count). The van der Waals surface area contributed by atoms with Crippen molar-refractivity contribution in [2.24, 2.45) is 5.92 Å². The fourth-order valence-corrected chi connectivity index (χ4v) is 2.49. The molecule has 21 heavy (non-hydrogen) atoms. The van der Waals surface area contributed by atoms with E-state index in [9.17, 15) is 25.0 Å². The summed E-state index contributed by atoms with van der Waals surface area (Å²) >= 11 is 8.51. The second-order valence-corrected chi connectivity index (χ2v) is 6.16. The molecule has 110 valence electrons. The maximum atomic E-state index is 12.4. The Balaban J connectivity index is 3.47. The van der Waals surface area contributed by atoms with Crippen LogP contribution in [0, 0.1) is 27.4 Å². The first-order chi connectivity index (χ1) is 9.65. The number of nitro benzene ring substituents is 1. The van der Waals surface area contributed by atoms with Gasteiger partial charge in [0.15, 0.2) is 5.78 Å². The van der Waals surface area contributed by atoms with Gasteiger partial charge >= 0.3 is 0 Å². The van der Waals surface area contributed by atoms with Crippen molar-refractivity contribution in [2.45, 2.75) is 18.2 Å². The van der Waals surface area contributed by atoms with E-state index in [0.29, 0.717) is 0 Å². The van der Waals surface area contributed by atoms with Gasteiger partial charge in [0.2, 0.25) is 10.1 Å². The van der Waals surface area contributed by atoms with Crippen molar-refractivity contribution in [1.29, 1.82) is 5.26 Å². The zero-order valence-corrected chi connectivity index (χ0v) is 13.4. The fourth-order valence-electron chi connectivity index (χ4n) is 1.65. The minimum absolute atomic E-state index is 0.0746. The summed E-state index contributed by atoms with van der Waals surface area (Å²) in [4.78, 5) is 34.7. The molecular formula is C13H10BrClN2O4. The largest absolute Gasteiger partial charge is 0.296 e. The van der Waals surface area contributed by atoms with Crippen molar-refractivity contribution in [3.63, 3.8) is 0 Å². The number of nitro groups is 1. The van der Waals surface area contributed by atoms with Gasteiger partial charge in [0.05, 0.1) is 16.6 Å². The molecule has 6 nitrogen and oxygen atoms in total. The molecule has 0 saturated carbocycles. The number of carbonyl (C=O) groups excluding carboxylic acids is 2. The zero-order valence-electron chi connectivity index (χ0n) is 11.1. The van der Waals surface area contributed by atoms with Gasteiger partial charge < -0.3 is 0 Å². The number of nitrogens with zero attached hydrogens (tertiary/aromatic N) is 2. The summed E-state index contributed by atoms with van der Waals surface area (Å²) in [7, 11) is 0. The van der Waals surface area contributed by atoms with Gasteiger partial charge in [0.1, 0.15) is 0 Å². The van der Waals surface area contributed by atoms with Crippen molar-refractivity contribution >= 4 is 44.8 Å². The highest BCUT2D eigenvalue weighted by atomic mass is 79.9. The number of hydrogen-bond donors (Lipinski definition) is 0. The molecule has 0 aliphatic heterocycles. The molecule has 0 aliphatic carbocycles. The minimum atomic E-state index is -2.15. The van der Waals surface area contributed by atoms with Crippen LogP contribution in [0.3, 0.4) is 0 Å². The average Bonchev–Trinajstić information content (AvgIpc) is 2.44. The van der Waals surface area contributed by atoms with E-state index < -0.39 is 32.4 Å². The van der Waals surface area contributed by atoms with Crippen LogP contribution in [0.1, 0.15) is 24.2 Å². The smallest absolute Gasteiger partial charge is 0.281 e. The lowest BCUT2D eigenvalue weighted by Crippen LogP contribution is -2.42. The molecule has 0 radical (unpaired) electrons. The second kappa shape index (κ2) is 6.33. The molecular weight excluding hydrogens is 364 g/mol. The highest BCUT2D eigenvalue weighted by Crippen LogP contribution is 2.32. The van der Waals surface area contributed by atoms with E-state index in [-0.39, 0.29) is 10.6 Å². The minimum Gasteiger partial charge on any atom is -0.296 e. The number of alkyl halides is 1. The molecule has 0 aliphatic rings. The van der Waals surface area contributed by atoms with E-state index in [1.54, 1.807) is 6.07 Å². The number of hydrogen-bond acceptors (Lipinski definition) is 5. The van der Waals surface area contributed by atoms with E-state index in [4.69, 9.17) is 11.6 Å². The monoisotopic (exact) mass is 372 g/mol. The molecule has 8 heteroatoms. The first kappa shape index (κ1) is 17.3. The molecule has 1 atom stereocenters. The third kappa shape index (κ3) is 3.28. The Hall–Kier alpha value is -1.78. The number of benzene rings is 1. The quantitative estimate of drug-likeness (QED) is 0.259. The maximum absolute atomic E-state index is 12.4. The molecule has 0 saturated heterocycles. The van der Waals surface area contributed by atoms with Gasteiger partial charge in [0.25, 0.3) is 5.69 Å². The van der Waals surface area contributed by atoms with Gasteiger partial charge in [-0.05, 0) is 12.1 Å². The number of nitriles is 1. The van der Waals surface area contributed by atoms with Crippen molar-refractivity contribution < 1.29 is 14.5 Å². The van der Waals surface area contributed by atoms with E-state index in [2.05, 4.69) is 15.9 Å².